The third-order valence-electron chi connectivity index (χ3n) is 7.13. The molecule has 2 saturated carbocycles. The van der Waals surface area contributed by atoms with E-state index >= 15 is 0 Å². The zero-order chi connectivity index (χ0) is 27.0. The molecule has 2 fully saturated rings. The molecule has 2 heterocycles. The summed E-state index contributed by atoms with van der Waals surface area (Å²) >= 11 is 0. The van der Waals surface area contributed by atoms with Gasteiger partial charge in [-0.05, 0) is 88.4 Å². The van der Waals surface area contributed by atoms with Crippen molar-refractivity contribution in [1.82, 2.24) is 10.3 Å². The van der Waals surface area contributed by atoms with Crippen molar-refractivity contribution in [2.45, 2.75) is 70.9 Å². The summed E-state index contributed by atoms with van der Waals surface area (Å²) in [6.07, 6.45) is 6.58. The van der Waals surface area contributed by atoms with E-state index in [4.69, 9.17) is 4.98 Å². The highest BCUT2D eigenvalue weighted by molar-refractivity contribution is 6.07. The first-order valence-electron chi connectivity index (χ1n) is 13.1. The number of rotatable bonds is 6. The summed E-state index contributed by atoms with van der Waals surface area (Å²) in [7, 11) is 0. The molecular formula is C30H37FN4O2. The number of aliphatic hydroxyl groups is 1. The Bertz CT molecular complexity index is 1240. The van der Waals surface area contributed by atoms with E-state index in [0.717, 1.165) is 48.7 Å². The van der Waals surface area contributed by atoms with Crippen LogP contribution >= 0.6 is 0 Å². The number of carbonyl (C=O) groups is 1. The van der Waals surface area contributed by atoms with Crippen LogP contribution in [0.15, 0.2) is 65.8 Å². The number of hydrogen-bond acceptors (Lipinski definition) is 4. The Morgan fingerprint density at radius 2 is 1.92 bits per heavy atom. The van der Waals surface area contributed by atoms with Crippen molar-refractivity contribution in [3.63, 3.8) is 0 Å². The average molecular weight is 505 g/mol. The number of anilines is 1. The van der Waals surface area contributed by atoms with Gasteiger partial charge in [-0.1, -0.05) is 26.5 Å². The maximum Gasteiger partial charge on any atom is 0.252 e. The van der Waals surface area contributed by atoms with Crippen molar-refractivity contribution in [3.05, 3.63) is 83.6 Å². The number of aromatic nitrogens is 1. The molecule has 2 unspecified atom stereocenters. The van der Waals surface area contributed by atoms with Gasteiger partial charge in [0.25, 0.3) is 5.91 Å². The molecule has 0 saturated heterocycles. The summed E-state index contributed by atoms with van der Waals surface area (Å²) in [6, 6.07) is 9.65. The highest BCUT2D eigenvalue weighted by Gasteiger charge is 2.51. The van der Waals surface area contributed by atoms with Gasteiger partial charge in [0.05, 0.1) is 28.3 Å². The van der Waals surface area contributed by atoms with E-state index in [2.05, 4.69) is 27.9 Å². The minimum atomic E-state index is -1.11. The number of benzene rings is 1. The Hall–Kier alpha value is -3.32. The summed E-state index contributed by atoms with van der Waals surface area (Å²) in [6.45, 7) is 14.1. The van der Waals surface area contributed by atoms with Crippen molar-refractivity contribution >= 4 is 17.4 Å². The van der Waals surface area contributed by atoms with Gasteiger partial charge in [-0.3, -0.25) is 9.78 Å². The normalized spacial score (nSPS) is 21.4. The molecule has 2 atom stereocenters. The predicted molar refractivity (Wildman–Crippen MR) is 146 cm³/mol. The molecule has 1 amide bonds. The van der Waals surface area contributed by atoms with Crippen molar-refractivity contribution in [3.8, 4) is 0 Å². The number of hydrogen-bond donors (Lipinski definition) is 2. The molecule has 3 aliphatic rings. The highest BCUT2D eigenvalue weighted by atomic mass is 19.1. The summed E-state index contributed by atoms with van der Waals surface area (Å²) in [5.41, 5.74) is 2.14. The molecular weight excluding hydrogens is 467 g/mol. The highest BCUT2D eigenvalue weighted by Crippen LogP contribution is 2.55. The van der Waals surface area contributed by atoms with Gasteiger partial charge in [-0.25, -0.2) is 9.38 Å². The number of aliphatic imine (C=N–C) groups is 1. The second-order valence-electron chi connectivity index (χ2n) is 10.3. The minimum absolute atomic E-state index is 0.222. The van der Waals surface area contributed by atoms with Crippen LogP contribution < -0.4 is 10.2 Å². The molecule has 5 rings (SSSR count). The van der Waals surface area contributed by atoms with E-state index in [9.17, 15) is 14.3 Å². The maximum atomic E-state index is 13.3. The fourth-order valence-electron chi connectivity index (χ4n) is 4.64. The van der Waals surface area contributed by atoms with Gasteiger partial charge >= 0.3 is 0 Å². The molecule has 37 heavy (non-hydrogen) atoms. The number of allylic oxidation sites excluding steroid dienone is 1. The number of nitrogens with one attached hydrogen (secondary N) is 1. The van der Waals surface area contributed by atoms with Crippen LogP contribution in [0.5, 0.6) is 0 Å². The van der Waals surface area contributed by atoms with Crippen LogP contribution in [-0.2, 0) is 5.54 Å². The molecule has 0 radical (unpaired) electrons. The van der Waals surface area contributed by atoms with Crippen LogP contribution in [0.1, 0.15) is 81.5 Å². The second kappa shape index (κ2) is 10.2. The fourth-order valence-corrected chi connectivity index (χ4v) is 4.64. The third-order valence-corrected chi connectivity index (χ3v) is 7.13. The molecule has 2 N–H and O–H groups in total. The molecule has 1 aromatic heterocycles. The van der Waals surface area contributed by atoms with Crippen LogP contribution in [0.2, 0.25) is 0 Å². The van der Waals surface area contributed by atoms with E-state index in [1.165, 1.54) is 24.3 Å². The summed E-state index contributed by atoms with van der Waals surface area (Å²) < 4.78 is 13.3. The Kier molecular flexibility index (Phi) is 7.38. The molecule has 2 aliphatic carbocycles. The number of nitrogens with zero attached hydrogens (tertiary/aromatic N) is 3. The van der Waals surface area contributed by atoms with Gasteiger partial charge in [-0.15, -0.1) is 0 Å². The van der Waals surface area contributed by atoms with Crippen molar-refractivity contribution in [2.24, 2.45) is 10.9 Å². The molecule has 1 aliphatic heterocycles. The standard InChI is InChI=1S/C28H31FN4O2.C2H6/c1-5-6-24(30-17(2)27(3,4)35)33-16-19-15-21(19)25-22(33)11-12-23(31-25)28(13-14-28)32-26(34)18-7-9-20(29)10-8-18;1-2/h5-12,19,21,35H,2,13-16H2,1,3-4H3,(H,32,34);1-2H3/b6-5-,30-24?;. The number of amides is 1. The largest absolute Gasteiger partial charge is 0.384 e. The topological polar surface area (TPSA) is 77.8 Å². The molecule has 6 nitrogen and oxygen atoms in total. The smallest absolute Gasteiger partial charge is 0.252 e. The fraction of sp³-hybridized carbons (Fsp3) is 0.433. The van der Waals surface area contributed by atoms with Crippen LogP contribution in [-0.4, -0.2) is 34.0 Å². The third kappa shape index (κ3) is 5.52. The Labute approximate surface area is 219 Å². The average Bonchev–Trinajstić information content (AvgIpc) is 3.80. The van der Waals surface area contributed by atoms with Crippen LogP contribution in [0.4, 0.5) is 10.1 Å². The lowest BCUT2D eigenvalue weighted by molar-refractivity contribution is 0.0929. The Morgan fingerprint density at radius 3 is 2.51 bits per heavy atom. The van der Waals surface area contributed by atoms with Crippen molar-refractivity contribution in [1.29, 1.82) is 0 Å². The van der Waals surface area contributed by atoms with Gasteiger partial charge in [-0.2, -0.15) is 0 Å². The molecule has 2 aromatic rings. The second-order valence-corrected chi connectivity index (χ2v) is 10.3. The number of carbonyl (C=O) groups excluding carboxylic acids is 1. The van der Waals surface area contributed by atoms with Crippen molar-refractivity contribution in [2.75, 3.05) is 11.4 Å². The molecule has 0 bridgehead atoms. The van der Waals surface area contributed by atoms with Gasteiger partial charge in [0.15, 0.2) is 0 Å². The monoisotopic (exact) mass is 504 g/mol. The van der Waals surface area contributed by atoms with Gasteiger partial charge < -0.3 is 15.3 Å². The number of halogens is 1. The first kappa shape index (κ1) is 26.7. The van der Waals surface area contributed by atoms with E-state index in [-0.39, 0.29) is 11.7 Å². The quantitative estimate of drug-likeness (QED) is 0.382. The van der Waals surface area contributed by atoms with E-state index in [1.807, 2.05) is 39.0 Å². The maximum absolute atomic E-state index is 13.3. The first-order chi connectivity index (χ1) is 17.6. The van der Waals surface area contributed by atoms with Gasteiger partial charge in [0.1, 0.15) is 17.3 Å². The number of fused-ring (bicyclic) bond motifs is 3. The lowest BCUT2D eigenvalue weighted by atomic mass is 10.0. The molecule has 196 valence electrons. The van der Waals surface area contributed by atoms with Crippen LogP contribution in [0.25, 0.3) is 0 Å². The first-order valence-corrected chi connectivity index (χ1v) is 13.1. The van der Waals surface area contributed by atoms with Crippen LogP contribution in [0.3, 0.4) is 0 Å². The predicted octanol–water partition coefficient (Wildman–Crippen LogP) is 5.85. The van der Waals surface area contributed by atoms with E-state index in [0.29, 0.717) is 23.1 Å². The SMILES string of the molecule is C=C(N=C(/C=C\C)N1CC2CC2c2nc(C3(NC(=O)c4ccc(F)cc4)CC3)ccc21)C(C)(C)O.CC. The van der Waals surface area contributed by atoms with Gasteiger partial charge in [0, 0.05) is 18.0 Å². The molecule has 0 spiro atoms. The number of amidine groups is 1. The lowest BCUT2D eigenvalue weighted by Crippen LogP contribution is -2.38. The Morgan fingerprint density at radius 1 is 1.24 bits per heavy atom. The summed E-state index contributed by atoms with van der Waals surface area (Å²) in [5, 5.41) is 13.5. The van der Waals surface area contributed by atoms with Crippen molar-refractivity contribution < 1.29 is 14.3 Å². The molecule has 1 aromatic carbocycles. The van der Waals surface area contributed by atoms with Crippen LogP contribution in [0, 0.1) is 11.7 Å². The van der Waals surface area contributed by atoms with Gasteiger partial charge in [0.2, 0.25) is 0 Å². The summed E-state index contributed by atoms with van der Waals surface area (Å²) in [4.78, 5) is 24.7. The van der Waals surface area contributed by atoms with E-state index in [1.54, 1.807) is 13.8 Å². The zero-order valence-electron chi connectivity index (χ0n) is 22.4. The number of pyridine rings is 1. The Balaban J connectivity index is 0.00000156. The minimum Gasteiger partial charge on any atom is -0.384 e. The summed E-state index contributed by atoms with van der Waals surface area (Å²) in [5.74, 6) is 1.05. The molecule has 7 heteroatoms. The zero-order valence-corrected chi connectivity index (χ0v) is 22.4. The van der Waals surface area contributed by atoms with E-state index < -0.39 is 11.1 Å². The lowest BCUT2D eigenvalue weighted by Gasteiger charge is -2.32.